The number of nitrogens with two attached hydrogens (primary N) is 1. The Morgan fingerprint density at radius 1 is 1.30 bits per heavy atom. The fourth-order valence-electron chi connectivity index (χ4n) is 3.62. The summed E-state index contributed by atoms with van der Waals surface area (Å²) in [6.45, 7) is 1.50. The number of hydrogen-bond acceptors (Lipinski definition) is 8. The van der Waals surface area contributed by atoms with Crippen molar-refractivity contribution in [3.05, 3.63) is 42.0 Å². The van der Waals surface area contributed by atoms with Crippen LogP contribution in [0, 0.1) is 17.1 Å². The van der Waals surface area contributed by atoms with Crippen LogP contribution in [0.15, 0.2) is 30.6 Å². The van der Waals surface area contributed by atoms with Gasteiger partial charge in [0.15, 0.2) is 17.5 Å². The second kappa shape index (κ2) is 7.96. The Labute approximate surface area is 172 Å². The fourth-order valence-corrected chi connectivity index (χ4v) is 3.62. The number of halogens is 1. The van der Waals surface area contributed by atoms with E-state index in [0.29, 0.717) is 17.9 Å². The Hall–Kier alpha value is -3.71. The maximum atomic E-state index is 15.2. The van der Waals surface area contributed by atoms with E-state index in [-0.39, 0.29) is 28.9 Å². The lowest BCUT2D eigenvalue weighted by Gasteiger charge is -2.21. The van der Waals surface area contributed by atoms with Crippen molar-refractivity contribution in [1.29, 1.82) is 5.26 Å². The third-order valence-electron chi connectivity index (χ3n) is 5.15. The van der Waals surface area contributed by atoms with Gasteiger partial charge in [0.1, 0.15) is 17.4 Å². The lowest BCUT2D eigenvalue weighted by Crippen LogP contribution is -2.22. The van der Waals surface area contributed by atoms with Crippen molar-refractivity contribution in [2.75, 3.05) is 37.9 Å². The van der Waals surface area contributed by atoms with Gasteiger partial charge in [-0.3, -0.25) is 0 Å². The fraction of sp³-hybridized carbons (Fsp3) is 0.300. The summed E-state index contributed by atoms with van der Waals surface area (Å²) in [7, 11) is 3.22. The summed E-state index contributed by atoms with van der Waals surface area (Å²) in [5.41, 5.74) is 7.17. The van der Waals surface area contributed by atoms with Crippen molar-refractivity contribution in [1.82, 2.24) is 20.0 Å². The highest BCUT2D eigenvalue weighted by Crippen LogP contribution is 2.37. The molecule has 1 fully saturated rings. The van der Waals surface area contributed by atoms with Crippen molar-refractivity contribution in [2.45, 2.75) is 12.5 Å². The van der Waals surface area contributed by atoms with Crippen LogP contribution in [0.3, 0.4) is 0 Å². The van der Waals surface area contributed by atoms with Gasteiger partial charge in [-0.25, -0.2) is 14.1 Å². The monoisotopic (exact) mass is 409 g/mol. The van der Waals surface area contributed by atoms with E-state index in [1.807, 2.05) is 18.2 Å². The molecule has 2 aromatic heterocycles. The zero-order valence-corrected chi connectivity index (χ0v) is 16.5. The highest BCUT2D eigenvalue weighted by atomic mass is 19.1. The Balaban J connectivity index is 1.90. The molecular weight excluding hydrogens is 389 g/mol. The number of benzene rings is 1. The second-order valence-electron chi connectivity index (χ2n) is 6.86. The molecule has 30 heavy (non-hydrogen) atoms. The third kappa shape index (κ3) is 3.40. The third-order valence-corrected chi connectivity index (χ3v) is 5.15. The topological polar surface area (TPSA) is 115 Å². The number of nitriles is 1. The molecular formula is C20H20FN7O2. The van der Waals surface area contributed by atoms with E-state index in [0.717, 1.165) is 18.7 Å². The molecule has 0 radical (unpaired) electrons. The number of rotatable bonds is 5. The molecule has 1 aromatic carbocycles. The lowest BCUT2D eigenvalue weighted by molar-refractivity contribution is 0.121. The average Bonchev–Trinajstić information content (AvgIpc) is 3.47. The number of ether oxygens (including phenoxy) is 2. The molecule has 0 spiro atoms. The van der Waals surface area contributed by atoms with Crippen molar-refractivity contribution in [3.63, 3.8) is 0 Å². The average molecular weight is 409 g/mol. The maximum absolute atomic E-state index is 15.2. The van der Waals surface area contributed by atoms with Gasteiger partial charge in [0, 0.05) is 37.5 Å². The smallest absolute Gasteiger partial charge is 0.176 e. The van der Waals surface area contributed by atoms with Crippen LogP contribution in [0.5, 0.6) is 5.75 Å². The first-order valence-electron chi connectivity index (χ1n) is 9.28. The number of nitrogen functional groups attached to an aromatic ring is 1. The molecule has 9 nitrogen and oxygen atoms in total. The Morgan fingerprint density at radius 3 is 2.77 bits per heavy atom. The number of nitrogens with zero attached hydrogens (tertiary/aromatic N) is 6. The van der Waals surface area contributed by atoms with Crippen molar-refractivity contribution >= 4 is 11.5 Å². The minimum atomic E-state index is -0.772. The summed E-state index contributed by atoms with van der Waals surface area (Å²) < 4.78 is 27.3. The molecule has 4 rings (SSSR count). The summed E-state index contributed by atoms with van der Waals surface area (Å²) in [6.07, 6.45) is 3.96. The normalized spacial score (nSPS) is 15.9. The van der Waals surface area contributed by atoms with Crippen molar-refractivity contribution in [2.24, 2.45) is 0 Å². The minimum absolute atomic E-state index is 0.00240. The Bertz CT molecular complexity index is 1110. The molecule has 1 aliphatic rings. The van der Waals surface area contributed by atoms with Crippen molar-refractivity contribution < 1.29 is 13.9 Å². The van der Waals surface area contributed by atoms with E-state index in [9.17, 15) is 5.26 Å². The van der Waals surface area contributed by atoms with E-state index in [2.05, 4.69) is 20.2 Å². The first kappa shape index (κ1) is 19.6. The predicted molar refractivity (Wildman–Crippen MR) is 108 cm³/mol. The van der Waals surface area contributed by atoms with Gasteiger partial charge in [-0.15, -0.1) is 5.10 Å². The molecule has 2 N–H and O–H groups in total. The van der Waals surface area contributed by atoms with Crippen LogP contribution in [0.1, 0.15) is 12.0 Å². The number of methoxy groups -OCH3 is 2. The summed E-state index contributed by atoms with van der Waals surface area (Å²) in [4.78, 5) is 6.15. The SMILES string of the molecule is COc1cc(-c2c(F)c(N)nc(-n3ccnn3)c2C#N)cc(N2CC[C@@H](OC)C2)c1. The first-order chi connectivity index (χ1) is 14.5. The van der Waals surface area contributed by atoms with E-state index >= 15 is 4.39 Å². The lowest BCUT2D eigenvalue weighted by atomic mass is 9.99. The predicted octanol–water partition coefficient (Wildman–Crippen LogP) is 2.16. The number of anilines is 2. The number of pyridine rings is 1. The van der Waals surface area contributed by atoms with E-state index < -0.39 is 5.82 Å². The summed E-state index contributed by atoms with van der Waals surface area (Å²) >= 11 is 0. The Kier molecular flexibility index (Phi) is 5.20. The minimum Gasteiger partial charge on any atom is -0.497 e. The van der Waals surface area contributed by atoms with Gasteiger partial charge in [-0.1, -0.05) is 5.21 Å². The van der Waals surface area contributed by atoms with Gasteiger partial charge < -0.3 is 20.1 Å². The van der Waals surface area contributed by atoms with Gasteiger partial charge >= 0.3 is 0 Å². The molecule has 3 aromatic rings. The molecule has 3 heterocycles. The Morgan fingerprint density at radius 2 is 2.13 bits per heavy atom. The van der Waals surface area contributed by atoms with Crippen LogP contribution < -0.4 is 15.4 Å². The largest absolute Gasteiger partial charge is 0.497 e. The highest BCUT2D eigenvalue weighted by Gasteiger charge is 2.26. The van der Waals surface area contributed by atoms with Crippen LogP contribution in [-0.2, 0) is 4.74 Å². The summed E-state index contributed by atoms with van der Waals surface area (Å²) in [5.74, 6) is -0.469. The summed E-state index contributed by atoms with van der Waals surface area (Å²) in [5, 5.41) is 17.4. The first-order valence-corrected chi connectivity index (χ1v) is 9.28. The molecule has 0 saturated carbocycles. The summed E-state index contributed by atoms with van der Waals surface area (Å²) in [6, 6.07) is 7.38. The van der Waals surface area contributed by atoms with Crippen LogP contribution in [0.25, 0.3) is 16.9 Å². The van der Waals surface area contributed by atoms with Gasteiger partial charge in [0.2, 0.25) is 0 Å². The molecule has 1 aliphatic heterocycles. The van der Waals surface area contributed by atoms with Gasteiger partial charge in [0.05, 0.1) is 25.6 Å². The molecule has 0 amide bonds. The van der Waals surface area contributed by atoms with Crippen LogP contribution >= 0.6 is 0 Å². The highest BCUT2D eigenvalue weighted by molar-refractivity contribution is 5.80. The van der Waals surface area contributed by atoms with E-state index in [4.69, 9.17) is 15.2 Å². The zero-order valence-electron chi connectivity index (χ0n) is 16.5. The van der Waals surface area contributed by atoms with Gasteiger partial charge in [-0.05, 0) is 24.1 Å². The molecule has 154 valence electrons. The van der Waals surface area contributed by atoms with Crippen LogP contribution in [-0.4, -0.2) is 53.4 Å². The second-order valence-corrected chi connectivity index (χ2v) is 6.86. The van der Waals surface area contributed by atoms with E-state index in [1.165, 1.54) is 24.2 Å². The molecule has 1 saturated heterocycles. The van der Waals surface area contributed by atoms with Crippen molar-refractivity contribution in [3.8, 4) is 28.8 Å². The van der Waals surface area contributed by atoms with Crippen LogP contribution in [0.2, 0.25) is 0 Å². The van der Waals surface area contributed by atoms with Crippen LogP contribution in [0.4, 0.5) is 15.9 Å². The maximum Gasteiger partial charge on any atom is 0.176 e. The molecule has 1 atom stereocenters. The number of aromatic nitrogens is 4. The number of hydrogen-bond donors (Lipinski definition) is 1. The van der Waals surface area contributed by atoms with Gasteiger partial charge in [0.25, 0.3) is 0 Å². The molecule has 0 unspecified atom stereocenters. The van der Waals surface area contributed by atoms with Gasteiger partial charge in [-0.2, -0.15) is 5.26 Å². The molecule has 0 bridgehead atoms. The zero-order chi connectivity index (χ0) is 21.3. The standard InChI is InChI=1S/C20H20FN7O2/c1-29-14-3-5-27(11-14)13-7-12(8-15(9-13)30-2)17-16(10-22)20(25-19(23)18(17)21)28-6-4-24-26-28/h4,6-9,14H,3,5,11H2,1-2H3,(H2,23,25)/t14-/m1/s1. The molecule has 10 heteroatoms. The quantitative estimate of drug-likeness (QED) is 0.682. The van der Waals surface area contributed by atoms with E-state index in [1.54, 1.807) is 13.2 Å². The molecule has 0 aliphatic carbocycles.